The number of hydrogen-bond donors (Lipinski definition) is 6. The molecule has 0 aliphatic carbocycles. The number of thiol groups is 1. The van der Waals surface area contributed by atoms with Crippen molar-refractivity contribution in [1.82, 2.24) is 0 Å². The zero-order valence-corrected chi connectivity index (χ0v) is 16.7. The van der Waals surface area contributed by atoms with Crippen molar-refractivity contribution >= 4 is 39.1 Å². The number of aliphatic hydroxyl groups excluding tert-OH is 4. The number of aliphatic hydroxyl groups is 4. The number of hydrogen-bond acceptors (Lipinski definition) is 12. The highest BCUT2D eigenvalue weighted by molar-refractivity contribution is 7.90. The number of oxime groups is 1. The monoisotopic (exact) mass is 453 g/mol. The van der Waals surface area contributed by atoms with Gasteiger partial charge in [0.1, 0.15) is 39.2 Å². The maximum atomic E-state index is 11.3. The molecule has 1 aliphatic rings. The van der Waals surface area contributed by atoms with Gasteiger partial charge in [-0.15, -0.1) is 12.6 Å². The molecule has 0 aromatic heterocycles. The molecular weight excluding hydrogens is 430 g/mol. The summed E-state index contributed by atoms with van der Waals surface area (Å²) in [5.41, 5.74) is 0. The molecule has 0 aromatic rings. The van der Waals surface area contributed by atoms with E-state index in [1.54, 1.807) is 0 Å². The average molecular weight is 454 g/mol. The van der Waals surface area contributed by atoms with Crippen LogP contribution in [-0.4, -0.2) is 96.0 Å². The molecule has 0 bridgehead atoms. The van der Waals surface area contributed by atoms with Crippen LogP contribution in [0.5, 0.6) is 0 Å². The van der Waals surface area contributed by atoms with Crippen molar-refractivity contribution in [3.8, 4) is 0 Å². The fraction of sp³-hybridized carbons (Fsp3) is 0.917. The molecule has 0 saturated carbocycles. The van der Waals surface area contributed by atoms with Crippen molar-refractivity contribution in [3.63, 3.8) is 0 Å². The summed E-state index contributed by atoms with van der Waals surface area (Å²) in [6.45, 7) is -0.734. The second kappa shape index (κ2) is 9.32. The Kier molecular flexibility index (Phi) is 8.46. The first kappa shape index (κ1) is 24.5. The fourth-order valence-electron chi connectivity index (χ4n) is 2.59. The summed E-state index contributed by atoms with van der Waals surface area (Å²) >= 11 is 4.18. The van der Waals surface area contributed by atoms with Gasteiger partial charge in [0, 0.05) is 17.9 Å². The maximum absolute atomic E-state index is 11.3. The van der Waals surface area contributed by atoms with Crippen LogP contribution in [0, 0.1) is 5.92 Å². The van der Waals surface area contributed by atoms with E-state index >= 15 is 0 Å². The van der Waals surface area contributed by atoms with Crippen LogP contribution >= 0.6 is 12.6 Å². The van der Waals surface area contributed by atoms with Gasteiger partial charge in [0.05, 0.1) is 12.8 Å². The molecule has 1 saturated heterocycles. The van der Waals surface area contributed by atoms with Crippen LogP contribution in [0.25, 0.3) is 0 Å². The molecule has 27 heavy (non-hydrogen) atoms. The number of ether oxygens (including phenoxy) is 1. The van der Waals surface area contributed by atoms with E-state index in [1.807, 2.05) is 0 Å². The van der Waals surface area contributed by atoms with Gasteiger partial charge in [-0.25, -0.2) is 12.7 Å². The predicted octanol–water partition coefficient (Wildman–Crippen LogP) is -2.67. The lowest BCUT2D eigenvalue weighted by Crippen LogP contribution is -2.65. The van der Waals surface area contributed by atoms with Crippen molar-refractivity contribution in [3.05, 3.63) is 0 Å². The zero-order valence-electron chi connectivity index (χ0n) is 14.2. The highest BCUT2D eigenvalue weighted by Crippen LogP contribution is 2.40. The van der Waals surface area contributed by atoms with E-state index < -0.39 is 62.1 Å². The molecule has 0 aromatic carbocycles. The van der Waals surface area contributed by atoms with Crippen LogP contribution in [0.4, 0.5) is 0 Å². The predicted molar refractivity (Wildman–Crippen MR) is 95.3 cm³/mol. The number of nitrogens with zero attached hydrogens (tertiary/aromatic N) is 1. The van der Waals surface area contributed by atoms with Crippen molar-refractivity contribution in [2.24, 2.45) is 11.1 Å². The normalized spacial score (nSPS) is 33.9. The highest BCUT2D eigenvalue weighted by Gasteiger charge is 2.54. The molecule has 0 amide bonds. The Hall–Kier alpha value is -0.520. The van der Waals surface area contributed by atoms with Crippen LogP contribution in [-0.2, 0) is 29.3 Å². The Bertz CT molecular complexity index is 723. The standard InChI is InChI=1S/C12H23NO11S3/c1-26(18,19)4-2-3-7(5-13-24-27(20,21)22)12(25)11(17)10(16)9(15)8(6-14)23-12/h5,7-11,14-17,25H,2-4,6H2,1H3,(H,20,21,22)/b13-5+/t7?,8-,9-,10+,11-,12+/m1/s1. The second-order valence-corrected chi connectivity index (χ2v) is 10.1. The van der Waals surface area contributed by atoms with Crippen LogP contribution in [0.3, 0.4) is 0 Å². The summed E-state index contributed by atoms with van der Waals surface area (Å²) < 4.78 is 61.6. The average Bonchev–Trinajstić information content (AvgIpc) is 2.52. The molecule has 1 aliphatic heterocycles. The topological polar surface area (TPSA) is 200 Å². The number of rotatable bonds is 9. The summed E-state index contributed by atoms with van der Waals surface area (Å²) in [4.78, 5) is -1.99. The minimum atomic E-state index is -4.91. The van der Waals surface area contributed by atoms with Crippen LogP contribution in [0.2, 0.25) is 0 Å². The van der Waals surface area contributed by atoms with Gasteiger partial charge in [0.2, 0.25) is 0 Å². The first-order chi connectivity index (χ1) is 12.2. The van der Waals surface area contributed by atoms with Crippen LogP contribution in [0.15, 0.2) is 5.16 Å². The van der Waals surface area contributed by atoms with Crippen molar-refractivity contribution in [1.29, 1.82) is 0 Å². The van der Waals surface area contributed by atoms with E-state index in [1.165, 1.54) is 0 Å². The number of sulfone groups is 1. The van der Waals surface area contributed by atoms with Gasteiger partial charge in [-0.3, -0.25) is 4.55 Å². The van der Waals surface area contributed by atoms with Gasteiger partial charge in [-0.2, -0.15) is 8.42 Å². The summed E-state index contributed by atoms with van der Waals surface area (Å²) in [6.07, 6.45) is -4.83. The van der Waals surface area contributed by atoms with E-state index in [-0.39, 0.29) is 18.6 Å². The van der Waals surface area contributed by atoms with Crippen molar-refractivity contribution in [2.75, 3.05) is 18.6 Å². The summed E-state index contributed by atoms with van der Waals surface area (Å²) in [5.74, 6) is -1.40. The Morgan fingerprint density at radius 1 is 1.26 bits per heavy atom. The van der Waals surface area contributed by atoms with E-state index in [0.29, 0.717) is 0 Å². The van der Waals surface area contributed by atoms with Gasteiger partial charge in [0.25, 0.3) is 0 Å². The lowest BCUT2D eigenvalue weighted by molar-refractivity contribution is -0.249. The van der Waals surface area contributed by atoms with Crippen LogP contribution in [0.1, 0.15) is 12.8 Å². The minimum Gasteiger partial charge on any atom is -0.394 e. The van der Waals surface area contributed by atoms with E-state index in [4.69, 9.17) is 9.29 Å². The minimum absolute atomic E-state index is 0.0161. The van der Waals surface area contributed by atoms with Gasteiger partial charge in [0.15, 0.2) is 0 Å². The third-order valence-corrected chi connectivity index (χ3v) is 5.94. The van der Waals surface area contributed by atoms with Crippen molar-refractivity contribution in [2.45, 2.75) is 42.2 Å². The Morgan fingerprint density at radius 2 is 1.85 bits per heavy atom. The van der Waals surface area contributed by atoms with E-state index in [9.17, 15) is 37.3 Å². The second-order valence-electron chi connectivity index (χ2n) is 6.15. The first-order valence-corrected chi connectivity index (χ1v) is 11.5. The molecule has 1 rings (SSSR count). The third-order valence-electron chi connectivity index (χ3n) is 3.94. The summed E-state index contributed by atoms with van der Waals surface area (Å²) in [7, 11) is -8.25. The Balaban J connectivity index is 3.12. The largest absolute Gasteiger partial charge is 0.466 e. The Morgan fingerprint density at radius 3 is 2.33 bits per heavy atom. The zero-order chi connectivity index (χ0) is 21.0. The molecule has 12 nitrogen and oxygen atoms in total. The quantitative estimate of drug-likeness (QED) is 0.0920. The maximum Gasteiger partial charge on any atom is 0.466 e. The fourth-order valence-corrected chi connectivity index (χ4v) is 3.92. The van der Waals surface area contributed by atoms with Crippen LogP contribution < -0.4 is 0 Å². The molecule has 1 fully saturated rings. The SMILES string of the molecule is CS(=O)(=O)CCCC(/C=N/OS(=O)(=O)O)[C@@]1(S)O[C@H](CO)[C@@H](O)[C@H](O)[C@H]1O. The molecule has 0 spiro atoms. The summed E-state index contributed by atoms with van der Waals surface area (Å²) in [6, 6.07) is 0. The molecule has 0 radical (unpaired) electrons. The molecule has 6 atom stereocenters. The third kappa shape index (κ3) is 7.10. The lowest BCUT2D eigenvalue weighted by atomic mass is 9.85. The molecule has 1 unspecified atom stereocenters. The highest BCUT2D eigenvalue weighted by atomic mass is 32.3. The molecule has 15 heteroatoms. The summed E-state index contributed by atoms with van der Waals surface area (Å²) in [5, 5.41) is 42.4. The molecule has 160 valence electrons. The van der Waals surface area contributed by atoms with Gasteiger partial charge in [-0.05, 0) is 12.8 Å². The smallest absolute Gasteiger partial charge is 0.394 e. The van der Waals surface area contributed by atoms with Gasteiger partial charge >= 0.3 is 10.4 Å². The molecule has 5 N–H and O–H groups in total. The van der Waals surface area contributed by atoms with E-state index in [0.717, 1.165) is 12.5 Å². The van der Waals surface area contributed by atoms with Gasteiger partial charge in [-0.1, -0.05) is 5.16 Å². The Labute approximate surface area is 162 Å². The molecule has 1 heterocycles. The van der Waals surface area contributed by atoms with Crippen molar-refractivity contribution < 1.29 is 50.8 Å². The molecular formula is C12H23NO11S3. The van der Waals surface area contributed by atoms with E-state index in [2.05, 4.69) is 22.1 Å². The lowest BCUT2D eigenvalue weighted by Gasteiger charge is -2.48. The first-order valence-electron chi connectivity index (χ1n) is 7.64. The van der Waals surface area contributed by atoms with Gasteiger partial charge < -0.3 is 25.2 Å².